The molecule has 0 aromatic carbocycles. The van der Waals surface area contributed by atoms with Crippen LogP contribution >= 0.6 is 12.6 Å². The summed E-state index contributed by atoms with van der Waals surface area (Å²) in [6.07, 6.45) is 2.81. The molecular formula is C6H10S. The van der Waals surface area contributed by atoms with Gasteiger partial charge in [-0.1, -0.05) is 11.6 Å². The van der Waals surface area contributed by atoms with Crippen LogP contribution in [0, 0.1) is 0 Å². The summed E-state index contributed by atoms with van der Waals surface area (Å²) in [4.78, 5) is 0. The monoisotopic (exact) mass is 114 g/mol. The first-order chi connectivity index (χ1) is 3.31. The van der Waals surface area contributed by atoms with Gasteiger partial charge in [0.15, 0.2) is 0 Å². The van der Waals surface area contributed by atoms with Gasteiger partial charge in [-0.3, -0.25) is 0 Å². The SMILES string of the molecule is C=CCC(C)=CS. The van der Waals surface area contributed by atoms with E-state index in [2.05, 4.69) is 19.2 Å². The maximum Gasteiger partial charge on any atom is -0.0136 e. The molecule has 0 aromatic heterocycles. The molecule has 0 heterocycles. The third kappa shape index (κ3) is 3.67. The van der Waals surface area contributed by atoms with Crippen molar-refractivity contribution in [1.82, 2.24) is 0 Å². The summed E-state index contributed by atoms with van der Waals surface area (Å²) in [5.41, 5.74) is 1.25. The van der Waals surface area contributed by atoms with Crippen molar-refractivity contribution in [1.29, 1.82) is 0 Å². The van der Waals surface area contributed by atoms with Crippen LogP contribution in [0.5, 0.6) is 0 Å². The molecule has 0 fully saturated rings. The molecule has 0 nitrogen and oxygen atoms in total. The van der Waals surface area contributed by atoms with Crippen LogP contribution in [-0.2, 0) is 0 Å². The second-order valence-corrected chi connectivity index (χ2v) is 1.73. The molecule has 0 saturated heterocycles. The fourth-order valence-electron chi connectivity index (χ4n) is 0.280. The molecule has 1 heteroatoms. The van der Waals surface area contributed by atoms with Crippen LogP contribution in [0.3, 0.4) is 0 Å². The van der Waals surface area contributed by atoms with Gasteiger partial charge in [0, 0.05) is 0 Å². The zero-order valence-electron chi connectivity index (χ0n) is 4.52. The van der Waals surface area contributed by atoms with Crippen LogP contribution in [-0.4, -0.2) is 0 Å². The molecule has 0 aromatic rings. The van der Waals surface area contributed by atoms with E-state index in [0.717, 1.165) is 6.42 Å². The Kier molecular flexibility index (Phi) is 3.90. The highest BCUT2D eigenvalue weighted by molar-refractivity contribution is 7.83. The average molecular weight is 114 g/mol. The Labute approximate surface area is 50.3 Å². The highest BCUT2D eigenvalue weighted by Gasteiger charge is 1.76. The van der Waals surface area contributed by atoms with E-state index in [-0.39, 0.29) is 0 Å². The van der Waals surface area contributed by atoms with Gasteiger partial charge < -0.3 is 0 Å². The van der Waals surface area contributed by atoms with Gasteiger partial charge in [0.05, 0.1) is 0 Å². The van der Waals surface area contributed by atoms with Crippen molar-refractivity contribution in [3.05, 3.63) is 23.6 Å². The molecule has 0 aliphatic carbocycles. The van der Waals surface area contributed by atoms with Crippen LogP contribution in [0.4, 0.5) is 0 Å². The molecule has 0 aliphatic heterocycles. The Morgan fingerprint density at radius 1 is 1.86 bits per heavy atom. The van der Waals surface area contributed by atoms with E-state index in [4.69, 9.17) is 0 Å². The maximum atomic E-state index is 3.94. The van der Waals surface area contributed by atoms with Gasteiger partial charge in [-0.05, 0) is 18.8 Å². The Morgan fingerprint density at radius 3 is 2.57 bits per heavy atom. The minimum absolute atomic E-state index is 0.948. The summed E-state index contributed by atoms with van der Waals surface area (Å²) < 4.78 is 0. The molecule has 40 valence electrons. The summed E-state index contributed by atoms with van der Waals surface area (Å²) in [5.74, 6) is 0. The topological polar surface area (TPSA) is 0 Å². The molecule has 0 atom stereocenters. The molecule has 0 saturated carbocycles. The first kappa shape index (κ1) is 6.83. The minimum Gasteiger partial charge on any atom is -0.151 e. The Bertz CT molecular complexity index is 82.2. The van der Waals surface area contributed by atoms with Crippen molar-refractivity contribution >= 4 is 12.6 Å². The van der Waals surface area contributed by atoms with E-state index in [0.29, 0.717) is 0 Å². The lowest BCUT2D eigenvalue weighted by atomic mass is 10.2. The summed E-state index contributed by atoms with van der Waals surface area (Å²) in [7, 11) is 0. The molecule has 0 N–H and O–H groups in total. The van der Waals surface area contributed by atoms with Crippen LogP contribution < -0.4 is 0 Å². The standard InChI is InChI=1S/C6H10S/c1-3-4-6(2)5-7/h3,5,7H,1,4H2,2H3. The first-order valence-electron chi connectivity index (χ1n) is 2.22. The summed E-state index contributed by atoms with van der Waals surface area (Å²) in [6, 6.07) is 0. The molecule has 7 heavy (non-hydrogen) atoms. The van der Waals surface area contributed by atoms with Gasteiger partial charge in [-0.2, -0.15) is 12.6 Å². The highest BCUT2D eigenvalue weighted by Crippen LogP contribution is 1.99. The minimum atomic E-state index is 0.948. The quantitative estimate of drug-likeness (QED) is 0.413. The normalized spacial score (nSPS) is 11.4. The van der Waals surface area contributed by atoms with Crippen molar-refractivity contribution in [2.75, 3.05) is 0 Å². The zero-order chi connectivity index (χ0) is 5.70. The fourth-order valence-corrected chi connectivity index (χ4v) is 0.386. The molecule has 0 unspecified atom stereocenters. The molecule has 0 bridgehead atoms. The molecule has 0 radical (unpaired) electrons. The Balaban J connectivity index is 3.36. The first-order valence-corrected chi connectivity index (χ1v) is 2.73. The van der Waals surface area contributed by atoms with E-state index in [1.54, 1.807) is 5.41 Å². The molecule has 0 spiro atoms. The summed E-state index contributed by atoms with van der Waals surface area (Å²) in [5, 5.41) is 1.79. The zero-order valence-corrected chi connectivity index (χ0v) is 5.41. The predicted octanol–water partition coefficient (Wildman–Crippen LogP) is 2.40. The molecule has 0 amide bonds. The lowest BCUT2D eigenvalue weighted by Crippen LogP contribution is -1.65. The summed E-state index contributed by atoms with van der Waals surface area (Å²) in [6.45, 7) is 5.60. The van der Waals surface area contributed by atoms with Gasteiger partial charge >= 0.3 is 0 Å². The highest BCUT2D eigenvalue weighted by atomic mass is 32.1. The Morgan fingerprint density at radius 2 is 2.43 bits per heavy atom. The second kappa shape index (κ2) is 4.00. The predicted molar refractivity (Wildman–Crippen MR) is 37.6 cm³/mol. The van der Waals surface area contributed by atoms with Crippen molar-refractivity contribution in [2.24, 2.45) is 0 Å². The van der Waals surface area contributed by atoms with E-state index in [1.807, 2.05) is 13.0 Å². The Hall–Kier alpha value is -0.170. The van der Waals surface area contributed by atoms with Crippen molar-refractivity contribution in [3.63, 3.8) is 0 Å². The van der Waals surface area contributed by atoms with Gasteiger partial charge in [0.25, 0.3) is 0 Å². The van der Waals surface area contributed by atoms with E-state index in [1.165, 1.54) is 5.57 Å². The second-order valence-electron chi connectivity index (χ2n) is 1.47. The van der Waals surface area contributed by atoms with E-state index in [9.17, 15) is 0 Å². The number of hydrogen-bond acceptors (Lipinski definition) is 1. The fraction of sp³-hybridized carbons (Fsp3) is 0.333. The van der Waals surface area contributed by atoms with Crippen molar-refractivity contribution < 1.29 is 0 Å². The van der Waals surface area contributed by atoms with E-state index >= 15 is 0 Å². The van der Waals surface area contributed by atoms with Gasteiger partial charge in [0.1, 0.15) is 0 Å². The van der Waals surface area contributed by atoms with Crippen molar-refractivity contribution in [2.45, 2.75) is 13.3 Å². The lowest BCUT2D eigenvalue weighted by Gasteiger charge is -1.86. The largest absolute Gasteiger partial charge is 0.151 e. The smallest absolute Gasteiger partial charge is 0.0136 e. The van der Waals surface area contributed by atoms with Gasteiger partial charge in [-0.25, -0.2) is 0 Å². The number of rotatable bonds is 2. The lowest BCUT2D eigenvalue weighted by molar-refractivity contribution is 1.23. The number of hydrogen-bond donors (Lipinski definition) is 1. The number of thiol groups is 1. The third-order valence-corrected chi connectivity index (χ3v) is 1.13. The van der Waals surface area contributed by atoms with Crippen LogP contribution in [0.25, 0.3) is 0 Å². The van der Waals surface area contributed by atoms with E-state index < -0.39 is 0 Å². The third-order valence-electron chi connectivity index (χ3n) is 0.687. The molecular weight excluding hydrogens is 104 g/mol. The van der Waals surface area contributed by atoms with Crippen LogP contribution in [0.1, 0.15) is 13.3 Å². The molecule has 0 aliphatic rings. The summed E-state index contributed by atoms with van der Waals surface area (Å²) >= 11 is 3.94. The average Bonchev–Trinajstić information content (AvgIpc) is 1.68. The van der Waals surface area contributed by atoms with Crippen molar-refractivity contribution in [3.8, 4) is 0 Å². The molecule has 0 rings (SSSR count). The van der Waals surface area contributed by atoms with Gasteiger partial charge in [0.2, 0.25) is 0 Å². The van der Waals surface area contributed by atoms with Crippen LogP contribution in [0.2, 0.25) is 0 Å². The van der Waals surface area contributed by atoms with Crippen LogP contribution in [0.15, 0.2) is 23.6 Å². The number of allylic oxidation sites excluding steroid dienone is 2. The maximum absolute atomic E-state index is 3.94. The van der Waals surface area contributed by atoms with Gasteiger partial charge in [-0.15, -0.1) is 6.58 Å².